The van der Waals surface area contributed by atoms with Crippen LogP contribution in [0.5, 0.6) is 0 Å². The van der Waals surface area contributed by atoms with Crippen molar-refractivity contribution in [3.8, 4) is 0 Å². The van der Waals surface area contributed by atoms with Gasteiger partial charge in [-0.3, -0.25) is 0 Å². The van der Waals surface area contributed by atoms with Crippen molar-refractivity contribution in [3.05, 3.63) is 29.0 Å². The molecule has 0 radical (unpaired) electrons. The summed E-state index contributed by atoms with van der Waals surface area (Å²) in [6.07, 6.45) is 0.398. The van der Waals surface area contributed by atoms with Crippen molar-refractivity contribution >= 4 is 23.4 Å². The van der Waals surface area contributed by atoms with Crippen LogP contribution in [0.3, 0.4) is 0 Å². The van der Waals surface area contributed by atoms with E-state index in [1.165, 1.54) is 12.1 Å². The summed E-state index contributed by atoms with van der Waals surface area (Å²) in [5.74, 6) is -1.16. The summed E-state index contributed by atoms with van der Waals surface area (Å²) in [4.78, 5) is 27.2. The quantitative estimate of drug-likeness (QED) is 0.807. The molecule has 2 rings (SSSR count). The normalized spacial score (nSPS) is 15.5. The number of hydrogen-bond acceptors (Lipinski definition) is 6. The van der Waals surface area contributed by atoms with Gasteiger partial charge < -0.3 is 30.3 Å². The lowest BCUT2D eigenvalue weighted by molar-refractivity contribution is 0.0263. The molecule has 8 nitrogen and oxygen atoms in total. The number of nitrogens with one attached hydrogen (secondary N) is 1. The largest absolute Gasteiger partial charge is 0.761 e. The zero-order valence-electron chi connectivity index (χ0n) is 14.7. The molecule has 1 aliphatic rings. The van der Waals surface area contributed by atoms with Crippen molar-refractivity contribution < 1.29 is 19.4 Å². The number of carbonyl (C=O) groups excluding carboxylic acids is 1. The van der Waals surface area contributed by atoms with E-state index >= 15 is 0 Å². The van der Waals surface area contributed by atoms with Crippen molar-refractivity contribution in [3.63, 3.8) is 0 Å². The second kappa shape index (κ2) is 7.60. The van der Waals surface area contributed by atoms with Gasteiger partial charge in [-0.05, 0) is 45.4 Å². The summed E-state index contributed by atoms with van der Waals surface area (Å²) in [6, 6.07) is 4.64. The maximum absolute atomic E-state index is 12.2. The molecule has 8 heteroatoms. The molecule has 25 heavy (non-hydrogen) atoms. The van der Waals surface area contributed by atoms with Gasteiger partial charge in [0.1, 0.15) is 5.60 Å². The third-order valence-electron chi connectivity index (χ3n) is 3.86. The van der Waals surface area contributed by atoms with E-state index in [0.29, 0.717) is 31.9 Å². The van der Waals surface area contributed by atoms with Crippen LogP contribution in [0.1, 0.15) is 37.6 Å². The molecule has 1 fully saturated rings. The number of aromatic carboxylic acids is 1. The molecular weight excluding hydrogens is 326 g/mol. The van der Waals surface area contributed by atoms with E-state index < -0.39 is 11.6 Å². The lowest BCUT2D eigenvalue weighted by Gasteiger charge is -2.27. The molecule has 1 heterocycles. The molecular formula is C17H24N3O5-. The number of rotatable bonds is 3. The molecule has 0 bridgehead atoms. The Hall–Kier alpha value is -2.48. The first-order chi connectivity index (χ1) is 11.7. The van der Waals surface area contributed by atoms with Crippen LogP contribution < -0.4 is 10.4 Å². The van der Waals surface area contributed by atoms with E-state index in [1.807, 2.05) is 25.7 Å². The lowest BCUT2D eigenvalue weighted by atomic mass is 10.1. The van der Waals surface area contributed by atoms with Gasteiger partial charge in [0.05, 0.1) is 5.56 Å². The minimum Gasteiger partial charge on any atom is -0.761 e. The zero-order chi connectivity index (χ0) is 18.6. The summed E-state index contributed by atoms with van der Waals surface area (Å²) in [5.41, 5.74) is 1.77. The third-order valence-corrected chi connectivity index (χ3v) is 3.86. The SMILES string of the molecule is CC(C)(C)OC(=O)N1CCCN(c2ccc(N[O-])c(C(=O)O)c2)CC1. The number of benzene rings is 1. The molecule has 1 aliphatic heterocycles. The van der Waals surface area contributed by atoms with Crippen LogP contribution in [0, 0.1) is 5.21 Å². The Labute approximate surface area is 146 Å². The van der Waals surface area contributed by atoms with Gasteiger partial charge in [0.25, 0.3) is 0 Å². The minimum absolute atomic E-state index is 0.0291. The molecule has 2 N–H and O–H groups in total. The van der Waals surface area contributed by atoms with E-state index in [2.05, 4.69) is 0 Å². The van der Waals surface area contributed by atoms with Gasteiger partial charge in [-0.1, -0.05) is 0 Å². The number of hydrogen-bond donors (Lipinski definition) is 2. The van der Waals surface area contributed by atoms with Gasteiger partial charge in [0.15, 0.2) is 0 Å². The van der Waals surface area contributed by atoms with Crippen molar-refractivity contribution in [1.82, 2.24) is 4.90 Å². The first kappa shape index (κ1) is 18.9. The van der Waals surface area contributed by atoms with Crippen molar-refractivity contribution in [2.75, 3.05) is 36.6 Å². The van der Waals surface area contributed by atoms with Crippen LogP contribution in [-0.2, 0) is 4.74 Å². The Bertz CT molecular complexity index is 642. The van der Waals surface area contributed by atoms with Crippen LogP contribution >= 0.6 is 0 Å². The third kappa shape index (κ3) is 4.99. The highest BCUT2D eigenvalue weighted by atomic mass is 16.6. The molecule has 1 aromatic carbocycles. The predicted molar refractivity (Wildman–Crippen MR) is 95.0 cm³/mol. The van der Waals surface area contributed by atoms with Crippen LogP contribution in [0.25, 0.3) is 0 Å². The number of anilines is 2. The highest BCUT2D eigenvalue weighted by Crippen LogP contribution is 2.24. The van der Waals surface area contributed by atoms with Crippen LogP contribution in [0.4, 0.5) is 16.2 Å². The van der Waals surface area contributed by atoms with Gasteiger partial charge in [-0.25, -0.2) is 9.59 Å². The van der Waals surface area contributed by atoms with E-state index in [1.54, 1.807) is 16.4 Å². The topological polar surface area (TPSA) is 105 Å². The Balaban J connectivity index is 2.09. The Morgan fingerprint density at radius 3 is 2.52 bits per heavy atom. The van der Waals surface area contributed by atoms with Crippen LogP contribution in [-0.4, -0.2) is 53.8 Å². The zero-order valence-corrected chi connectivity index (χ0v) is 14.7. The maximum atomic E-state index is 12.2. The number of ether oxygens (including phenoxy) is 1. The smallest absolute Gasteiger partial charge is 0.410 e. The first-order valence-electron chi connectivity index (χ1n) is 8.19. The molecule has 0 aromatic heterocycles. The number of carboxylic acid groups (broad SMARTS) is 1. The fraction of sp³-hybridized carbons (Fsp3) is 0.529. The molecule has 1 amide bonds. The molecule has 0 aliphatic carbocycles. The second-order valence-electron chi connectivity index (χ2n) is 6.95. The fourth-order valence-corrected chi connectivity index (χ4v) is 2.68. The lowest BCUT2D eigenvalue weighted by Crippen LogP contribution is -2.39. The van der Waals surface area contributed by atoms with Gasteiger partial charge in [-0.2, -0.15) is 0 Å². The average Bonchev–Trinajstić information content (AvgIpc) is 2.78. The molecule has 0 unspecified atom stereocenters. The molecule has 0 saturated carbocycles. The number of carbonyl (C=O) groups is 2. The summed E-state index contributed by atoms with van der Waals surface area (Å²) < 4.78 is 5.40. The molecule has 0 spiro atoms. The van der Waals surface area contributed by atoms with E-state index in [4.69, 9.17) is 4.74 Å². The van der Waals surface area contributed by atoms with Crippen LogP contribution in [0.2, 0.25) is 0 Å². The van der Waals surface area contributed by atoms with Crippen molar-refractivity contribution in [2.24, 2.45) is 0 Å². The van der Waals surface area contributed by atoms with E-state index in [0.717, 1.165) is 6.42 Å². The standard InChI is InChI=1S/C17H24N3O5/c1-17(2,3)25-16(23)20-8-4-7-19(9-10-20)12-5-6-14(18-24)13(11-12)15(21)22/h5-6,11,18H,4,7-10H2,1-3H3,(H,21,22)/q-1. The predicted octanol–water partition coefficient (Wildman–Crippen LogP) is 2.74. The molecule has 138 valence electrons. The molecule has 0 atom stereocenters. The molecule has 1 saturated heterocycles. The van der Waals surface area contributed by atoms with Gasteiger partial charge >= 0.3 is 12.1 Å². The van der Waals surface area contributed by atoms with Gasteiger partial charge in [-0.15, -0.1) is 0 Å². The first-order valence-corrected chi connectivity index (χ1v) is 8.19. The van der Waals surface area contributed by atoms with Gasteiger partial charge in [0, 0.05) is 37.6 Å². The number of carboxylic acids is 1. The average molecular weight is 350 g/mol. The van der Waals surface area contributed by atoms with E-state index in [-0.39, 0.29) is 17.3 Å². The summed E-state index contributed by atoms with van der Waals surface area (Å²) >= 11 is 0. The minimum atomic E-state index is -1.16. The summed E-state index contributed by atoms with van der Waals surface area (Å²) in [6.45, 7) is 7.79. The number of amides is 1. The van der Waals surface area contributed by atoms with E-state index in [9.17, 15) is 19.9 Å². The Morgan fingerprint density at radius 2 is 1.92 bits per heavy atom. The van der Waals surface area contributed by atoms with Crippen molar-refractivity contribution in [2.45, 2.75) is 32.8 Å². The highest BCUT2D eigenvalue weighted by molar-refractivity contribution is 5.95. The second-order valence-corrected chi connectivity index (χ2v) is 6.95. The number of nitrogens with zero attached hydrogens (tertiary/aromatic N) is 2. The van der Waals surface area contributed by atoms with Crippen LogP contribution in [0.15, 0.2) is 18.2 Å². The summed E-state index contributed by atoms with van der Waals surface area (Å²) in [7, 11) is 0. The summed E-state index contributed by atoms with van der Waals surface area (Å²) in [5, 5.41) is 20.1. The fourth-order valence-electron chi connectivity index (χ4n) is 2.68. The molecule has 1 aromatic rings. The van der Waals surface area contributed by atoms with Crippen molar-refractivity contribution in [1.29, 1.82) is 0 Å². The van der Waals surface area contributed by atoms with Gasteiger partial charge in [0.2, 0.25) is 0 Å². The highest BCUT2D eigenvalue weighted by Gasteiger charge is 2.25. The maximum Gasteiger partial charge on any atom is 0.410 e. The monoisotopic (exact) mass is 350 g/mol. The Morgan fingerprint density at radius 1 is 1.20 bits per heavy atom. The Kier molecular flexibility index (Phi) is 5.73.